The first kappa shape index (κ1) is 19.4. The lowest BCUT2D eigenvalue weighted by atomic mass is 10.2. The number of carbonyl (C=O) groups is 1. The first-order chi connectivity index (χ1) is 13.5. The Morgan fingerprint density at radius 2 is 1.86 bits per heavy atom. The zero-order chi connectivity index (χ0) is 20.1. The maximum Gasteiger partial charge on any atom is 0.293 e. The van der Waals surface area contributed by atoms with Crippen molar-refractivity contribution in [3.8, 4) is 5.75 Å². The van der Waals surface area contributed by atoms with Crippen molar-refractivity contribution in [3.05, 3.63) is 64.4 Å². The average molecular weight is 380 g/mol. The van der Waals surface area contributed by atoms with Gasteiger partial charge in [0.25, 0.3) is 5.56 Å². The van der Waals surface area contributed by atoms with E-state index in [0.717, 1.165) is 22.3 Å². The zero-order valence-electron chi connectivity index (χ0n) is 16.3. The van der Waals surface area contributed by atoms with Gasteiger partial charge in [-0.15, -0.1) is 0 Å². The van der Waals surface area contributed by atoms with E-state index in [1.807, 2.05) is 48.5 Å². The monoisotopic (exact) mass is 380 g/mol. The zero-order valence-corrected chi connectivity index (χ0v) is 16.3. The van der Waals surface area contributed by atoms with Crippen LogP contribution in [0.3, 0.4) is 0 Å². The van der Waals surface area contributed by atoms with E-state index in [1.54, 1.807) is 30.7 Å². The summed E-state index contributed by atoms with van der Waals surface area (Å²) in [5.41, 5.74) is 2.23. The van der Waals surface area contributed by atoms with Gasteiger partial charge in [0.1, 0.15) is 5.75 Å². The van der Waals surface area contributed by atoms with Gasteiger partial charge in [0, 0.05) is 33.6 Å². The van der Waals surface area contributed by atoms with Gasteiger partial charge in [0.15, 0.2) is 5.82 Å². The molecule has 0 unspecified atom stereocenters. The lowest BCUT2D eigenvalue weighted by Gasteiger charge is -2.16. The smallest absolute Gasteiger partial charge is 0.293 e. The number of nitrogens with one attached hydrogen (secondary N) is 1. The quantitative estimate of drug-likeness (QED) is 0.680. The Morgan fingerprint density at radius 1 is 1.14 bits per heavy atom. The lowest BCUT2D eigenvalue weighted by molar-refractivity contribution is -0.121. The van der Waals surface area contributed by atoms with Crippen LogP contribution in [-0.2, 0) is 17.9 Å². The molecule has 0 aliphatic rings. The molecule has 0 fully saturated rings. The molecule has 0 aliphatic heterocycles. The molecule has 3 rings (SSSR count). The summed E-state index contributed by atoms with van der Waals surface area (Å²) in [5, 5.41) is 2.89. The van der Waals surface area contributed by atoms with E-state index in [0.29, 0.717) is 12.4 Å². The van der Waals surface area contributed by atoms with Gasteiger partial charge in [0.2, 0.25) is 5.91 Å². The Morgan fingerprint density at radius 3 is 2.54 bits per heavy atom. The van der Waals surface area contributed by atoms with Crippen molar-refractivity contribution >= 4 is 22.8 Å². The number of nitrogens with zero attached hydrogens (tertiary/aromatic N) is 3. The molecule has 0 saturated heterocycles. The summed E-state index contributed by atoms with van der Waals surface area (Å²) in [6, 6.07) is 15.0. The number of aryl methyl sites for hydroxylation is 1. The summed E-state index contributed by atoms with van der Waals surface area (Å²) in [7, 11) is 5.18. The Balaban J connectivity index is 1.71. The molecule has 3 aromatic rings. The predicted octanol–water partition coefficient (Wildman–Crippen LogP) is 2.18. The van der Waals surface area contributed by atoms with Crippen LogP contribution in [0.25, 0.3) is 11.0 Å². The van der Waals surface area contributed by atoms with E-state index in [-0.39, 0.29) is 24.4 Å². The second-order valence-corrected chi connectivity index (χ2v) is 6.65. The summed E-state index contributed by atoms with van der Waals surface area (Å²) >= 11 is 0. The van der Waals surface area contributed by atoms with Crippen LogP contribution in [0.15, 0.2) is 53.3 Å². The van der Waals surface area contributed by atoms with Crippen molar-refractivity contribution in [2.24, 2.45) is 0 Å². The Bertz CT molecular complexity index is 1030. The predicted molar refractivity (Wildman–Crippen MR) is 110 cm³/mol. The third kappa shape index (κ3) is 4.31. The fourth-order valence-electron chi connectivity index (χ4n) is 2.94. The molecule has 0 radical (unpaired) electrons. The van der Waals surface area contributed by atoms with Gasteiger partial charge in [-0.05, 0) is 29.8 Å². The number of ether oxygens (including phenoxy) is 1. The molecular weight excluding hydrogens is 356 g/mol. The van der Waals surface area contributed by atoms with Crippen LogP contribution < -0.4 is 20.5 Å². The van der Waals surface area contributed by atoms with Gasteiger partial charge in [-0.2, -0.15) is 0 Å². The molecule has 28 heavy (non-hydrogen) atoms. The second kappa shape index (κ2) is 8.56. The first-order valence-electron chi connectivity index (χ1n) is 9.06. The van der Waals surface area contributed by atoms with E-state index < -0.39 is 0 Å². The average Bonchev–Trinajstić information content (AvgIpc) is 2.71. The highest BCUT2D eigenvalue weighted by atomic mass is 16.5. The van der Waals surface area contributed by atoms with Gasteiger partial charge in [0.05, 0.1) is 18.1 Å². The Hall–Kier alpha value is -3.35. The van der Waals surface area contributed by atoms with Crippen molar-refractivity contribution in [2.45, 2.75) is 19.5 Å². The van der Waals surface area contributed by atoms with E-state index >= 15 is 0 Å². The van der Waals surface area contributed by atoms with Gasteiger partial charge in [-0.25, -0.2) is 4.98 Å². The fraction of sp³-hybridized carbons (Fsp3) is 0.286. The molecule has 7 nitrogen and oxygen atoms in total. The van der Waals surface area contributed by atoms with Crippen molar-refractivity contribution in [1.82, 2.24) is 14.9 Å². The third-order valence-corrected chi connectivity index (χ3v) is 4.47. The molecule has 0 spiro atoms. The molecule has 2 aromatic carbocycles. The number of anilines is 1. The number of carbonyl (C=O) groups excluding carboxylic acids is 1. The Labute approximate surface area is 163 Å². The van der Waals surface area contributed by atoms with Crippen LogP contribution in [0.4, 0.5) is 5.82 Å². The van der Waals surface area contributed by atoms with Crippen LogP contribution in [0.2, 0.25) is 0 Å². The first-order valence-corrected chi connectivity index (χ1v) is 9.06. The number of hydrogen-bond acceptors (Lipinski definition) is 5. The fourth-order valence-corrected chi connectivity index (χ4v) is 2.94. The molecule has 1 aromatic heterocycles. The van der Waals surface area contributed by atoms with E-state index in [2.05, 4.69) is 10.3 Å². The molecule has 0 aliphatic carbocycles. The summed E-state index contributed by atoms with van der Waals surface area (Å²) < 4.78 is 6.74. The van der Waals surface area contributed by atoms with Crippen LogP contribution in [0.1, 0.15) is 12.0 Å². The third-order valence-electron chi connectivity index (χ3n) is 4.47. The van der Waals surface area contributed by atoms with E-state index in [1.165, 1.54) is 0 Å². The van der Waals surface area contributed by atoms with Crippen molar-refractivity contribution < 1.29 is 9.53 Å². The maximum atomic E-state index is 12.8. The number of rotatable bonds is 7. The number of benzene rings is 2. The number of methoxy groups -OCH3 is 1. The van der Waals surface area contributed by atoms with Crippen molar-refractivity contribution in [2.75, 3.05) is 26.1 Å². The number of hydrogen-bond donors (Lipinski definition) is 1. The minimum absolute atomic E-state index is 0.116. The van der Waals surface area contributed by atoms with Crippen LogP contribution in [0, 0.1) is 0 Å². The highest BCUT2D eigenvalue weighted by Crippen LogP contribution is 2.14. The molecule has 146 valence electrons. The van der Waals surface area contributed by atoms with Crippen LogP contribution in [0.5, 0.6) is 5.75 Å². The Kier molecular flexibility index (Phi) is 5.93. The molecule has 1 heterocycles. The summed E-state index contributed by atoms with van der Waals surface area (Å²) in [6.45, 7) is 0.717. The van der Waals surface area contributed by atoms with Gasteiger partial charge in [-0.3, -0.25) is 9.59 Å². The van der Waals surface area contributed by atoms with Gasteiger partial charge < -0.3 is 19.5 Å². The topological polar surface area (TPSA) is 76.5 Å². The summed E-state index contributed by atoms with van der Waals surface area (Å²) in [4.78, 5) is 31.2. The normalized spacial score (nSPS) is 10.7. The molecule has 1 N–H and O–H groups in total. The summed E-state index contributed by atoms with van der Waals surface area (Å²) in [6.07, 6.45) is 0.205. The van der Waals surface area contributed by atoms with Crippen molar-refractivity contribution in [1.29, 1.82) is 0 Å². The van der Waals surface area contributed by atoms with Crippen LogP contribution in [-0.4, -0.2) is 36.7 Å². The van der Waals surface area contributed by atoms with Crippen molar-refractivity contribution in [3.63, 3.8) is 0 Å². The summed E-state index contributed by atoms with van der Waals surface area (Å²) in [5.74, 6) is 1.02. The molecular formula is C21H24N4O3. The molecule has 0 bridgehead atoms. The highest BCUT2D eigenvalue weighted by Gasteiger charge is 2.13. The van der Waals surface area contributed by atoms with Crippen LogP contribution >= 0.6 is 0 Å². The second-order valence-electron chi connectivity index (χ2n) is 6.65. The molecule has 7 heteroatoms. The molecule has 1 amide bonds. The minimum Gasteiger partial charge on any atom is -0.497 e. The SMILES string of the molecule is COc1ccc(CNC(=O)CCn2c(=O)c(N(C)C)nc3ccccc32)cc1. The number of para-hydroxylation sites is 2. The lowest BCUT2D eigenvalue weighted by Crippen LogP contribution is -2.31. The number of amides is 1. The van der Waals surface area contributed by atoms with E-state index in [4.69, 9.17) is 4.74 Å². The minimum atomic E-state index is -0.202. The largest absolute Gasteiger partial charge is 0.497 e. The standard InChI is InChI=1S/C21H24N4O3/c1-24(2)20-21(27)25(18-7-5-4-6-17(18)23-20)13-12-19(26)22-14-15-8-10-16(28-3)11-9-15/h4-11H,12-14H2,1-3H3,(H,22,26). The maximum absolute atomic E-state index is 12.8. The molecule has 0 saturated carbocycles. The highest BCUT2D eigenvalue weighted by molar-refractivity contribution is 5.78. The number of fused-ring (bicyclic) bond motifs is 1. The van der Waals surface area contributed by atoms with E-state index in [9.17, 15) is 9.59 Å². The molecule has 0 atom stereocenters. The van der Waals surface area contributed by atoms with Gasteiger partial charge in [-0.1, -0.05) is 24.3 Å². The van der Waals surface area contributed by atoms with Gasteiger partial charge >= 0.3 is 0 Å². The number of aromatic nitrogens is 2.